The molecule has 0 saturated carbocycles. The third-order valence-electron chi connectivity index (χ3n) is 7.32. The molecule has 0 atom stereocenters. The first-order chi connectivity index (χ1) is 20.8. The van der Waals surface area contributed by atoms with E-state index in [-0.39, 0.29) is 11.8 Å². The monoisotopic (exact) mass is 591 g/mol. The molecule has 2 heterocycles. The van der Waals surface area contributed by atoms with Crippen molar-refractivity contribution in [1.82, 2.24) is 20.2 Å². The summed E-state index contributed by atoms with van der Waals surface area (Å²) in [6, 6.07) is 25.4. The van der Waals surface area contributed by atoms with Crippen LogP contribution in [-0.2, 0) is 11.3 Å². The van der Waals surface area contributed by atoms with Crippen molar-refractivity contribution in [1.29, 1.82) is 0 Å². The zero-order valence-electron chi connectivity index (χ0n) is 24.3. The molecule has 0 aliphatic heterocycles. The SMILES string of the molecule is C=CC(=O)Nc1cc(-c2c(-c3cccc(C(=O)NCCCN(C)Cc4ccccc4)c3)[nH]c3nccc(Cl)c23)ccc1C. The van der Waals surface area contributed by atoms with Gasteiger partial charge < -0.3 is 20.5 Å². The smallest absolute Gasteiger partial charge is 0.251 e. The Bertz CT molecular complexity index is 1780. The fourth-order valence-electron chi connectivity index (χ4n) is 5.12. The molecule has 7 nitrogen and oxygen atoms in total. The summed E-state index contributed by atoms with van der Waals surface area (Å²) in [5.74, 6) is -0.424. The highest BCUT2D eigenvalue weighted by Crippen LogP contribution is 2.42. The second-order valence-corrected chi connectivity index (χ2v) is 10.9. The summed E-state index contributed by atoms with van der Waals surface area (Å²) >= 11 is 6.70. The van der Waals surface area contributed by atoms with Crippen molar-refractivity contribution in [3.63, 3.8) is 0 Å². The number of aromatic nitrogens is 2. The maximum atomic E-state index is 13.1. The molecule has 3 aromatic carbocycles. The number of benzene rings is 3. The molecule has 2 aromatic heterocycles. The number of hydrogen-bond acceptors (Lipinski definition) is 4. The lowest BCUT2D eigenvalue weighted by Crippen LogP contribution is -2.28. The predicted molar refractivity (Wildman–Crippen MR) is 175 cm³/mol. The highest BCUT2D eigenvalue weighted by atomic mass is 35.5. The summed E-state index contributed by atoms with van der Waals surface area (Å²) in [6.45, 7) is 7.79. The number of nitrogens with zero attached hydrogens (tertiary/aromatic N) is 2. The van der Waals surface area contributed by atoms with Gasteiger partial charge in [-0.15, -0.1) is 0 Å². The van der Waals surface area contributed by atoms with Crippen LogP contribution in [0.5, 0.6) is 0 Å². The standard InChI is InChI=1S/C35H34ClN5O2/c1-4-30(42)39-29-21-25(15-14-23(29)2)31-32-28(36)16-18-37-34(32)40-33(31)26-12-8-13-27(20-26)35(43)38-17-9-19-41(3)22-24-10-6-5-7-11-24/h4-8,10-16,18,20-21H,1,9,17,19,22H2,2-3H3,(H,37,40)(H,38,43)(H,39,42). The van der Waals surface area contributed by atoms with Gasteiger partial charge in [0.25, 0.3) is 5.91 Å². The summed E-state index contributed by atoms with van der Waals surface area (Å²) in [6.07, 6.45) is 3.73. The number of fused-ring (bicyclic) bond motifs is 1. The van der Waals surface area contributed by atoms with Gasteiger partial charge in [0.2, 0.25) is 5.91 Å². The summed E-state index contributed by atoms with van der Waals surface area (Å²) in [5.41, 5.74) is 7.30. The molecule has 218 valence electrons. The van der Waals surface area contributed by atoms with E-state index in [1.165, 1.54) is 11.6 Å². The first-order valence-electron chi connectivity index (χ1n) is 14.2. The lowest BCUT2D eigenvalue weighted by atomic mass is 9.96. The highest BCUT2D eigenvalue weighted by molar-refractivity contribution is 6.37. The number of halogens is 1. The molecule has 0 radical (unpaired) electrons. The Labute approximate surface area is 256 Å². The number of H-pyrrole nitrogens is 1. The molecule has 2 amide bonds. The van der Waals surface area contributed by atoms with Crippen LogP contribution in [0.15, 0.2) is 97.7 Å². The van der Waals surface area contributed by atoms with Crippen molar-refractivity contribution in [3.05, 3.63) is 119 Å². The first kappa shape index (κ1) is 29.8. The molecule has 0 fully saturated rings. The Hall–Kier alpha value is -4.72. The van der Waals surface area contributed by atoms with Crippen molar-refractivity contribution in [3.8, 4) is 22.4 Å². The van der Waals surface area contributed by atoms with Gasteiger partial charge in [-0.05, 0) is 79.5 Å². The van der Waals surface area contributed by atoms with Gasteiger partial charge in [-0.3, -0.25) is 9.59 Å². The maximum absolute atomic E-state index is 13.1. The van der Waals surface area contributed by atoms with Crippen molar-refractivity contribution in [2.24, 2.45) is 0 Å². The second kappa shape index (κ2) is 13.5. The number of anilines is 1. The molecular weight excluding hydrogens is 558 g/mol. The van der Waals surface area contributed by atoms with E-state index in [1.54, 1.807) is 12.3 Å². The van der Waals surface area contributed by atoms with Crippen molar-refractivity contribution in [2.45, 2.75) is 19.9 Å². The zero-order chi connectivity index (χ0) is 30.3. The second-order valence-electron chi connectivity index (χ2n) is 10.5. The third-order valence-corrected chi connectivity index (χ3v) is 7.64. The Morgan fingerprint density at radius 1 is 1.02 bits per heavy atom. The van der Waals surface area contributed by atoms with E-state index in [0.29, 0.717) is 28.5 Å². The van der Waals surface area contributed by atoms with Gasteiger partial charge in [0, 0.05) is 41.5 Å². The zero-order valence-corrected chi connectivity index (χ0v) is 25.0. The molecule has 5 aromatic rings. The number of hydrogen-bond donors (Lipinski definition) is 3. The molecule has 0 spiro atoms. The van der Waals surface area contributed by atoms with Gasteiger partial charge >= 0.3 is 0 Å². The van der Waals surface area contributed by atoms with E-state index in [9.17, 15) is 9.59 Å². The predicted octanol–water partition coefficient (Wildman–Crippen LogP) is 7.24. The number of carbonyl (C=O) groups excluding carboxylic acids is 2. The van der Waals surface area contributed by atoms with Crippen LogP contribution in [0.3, 0.4) is 0 Å². The van der Waals surface area contributed by atoms with E-state index in [2.05, 4.69) is 51.3 Å². The minimum absolute atomic E-state index is 0.133. The number of pyridine rings is 1. The molecule has 0 unspecified atom stereocenters. The highest BCUT2D eigenvalue weighted by Gasteiger charge is 2.20. The van der Waals surface area contributed by atoms with Crippen LogP contribution in [0.1, 0.15) is 27.9 Å². The number of rotatable bonds is 11. The fraction of sp³-hybridized carbons (Fsp3) is 0.171. The van der Waals surface area contributed by atoms with Gasteiger partial charge in [-0.1, -0.05) is 72.8 Å². The number of aryl methyl sites for hydroxylation is 1. The van der Waals surface area contributed by atoms with Crippen LogP contribution < -0.4 is 10.6 Å². The van der Waals surface area contributed by atoms with Gasteiger partial charge in [-0.2, -0.15) is 0 Å². The van der Waals surface area contributed by atoms with E-state index >= 15 is 0 Å². The summed E-state index contributed by atoms with van der Waals surface area (Å²) in [5, 5.41) is 7.25. The Morgan fingerprint density at radius 3 is 2.63 bits per heavy atom. The fourth-order valence-corrected chi connectivity index (χ4v) is 5.36. The summed E-state index contributed by atoms with van der Waals surface area (Å²) < 4.78 is 0. The van der Waals surface area contributed by atoms with Crippen molar-refractivity contribution in [2.75, 3.05) is 25.5 Å². The van der Waals surface area contributed by atoms with Gasteiger partial charge in [0.1, 0.15) is 5.65 Å². The molecule has 0 bridgehead atoms. The van der Waals surface area contributed by atoms with Crippen LogP contribution >= 0.6 is 11.6 Å². The van der Waals surface area contributed by atoms with E-state index in [0.717, 1.165) is 52.8 Å². The number of carbonyl (C=O) groups is 2. The lowest BCUT2D eigenvalue weighted by molar-refractivity contribution is -0.111. The molecular formula is C35H34ClN5O2. The molecule has 0 saturated heterocycles. The largest absolute Gasteiger partial charge is 0.352 e. The van der Waals surface area contributed by atoms with Crippen LogP contribution in [0, 0.1) is 6.92 Å². The van der Waals surface area contributed by atoms with Gasteiger partial charge in [0.05, 0.1) is 10.7 Å². The summed E-state index contributed by atoms with van der Waals surface area (Å²) in [4.78, 5) is 35.4. The van der Waals surface area contributed by atoms with Crippen LogP contribution in [-0.4, -0.2) is 46.8 Å². The van der Waals surface area contributed by atoms with E-state index in [4.69, 9.17) is 11.6 Å². The Balaban J connectivity index is 1.38. The van der Waals surface area contributed by atoms with Crippen LogP contribution in [0.2, 0.25) is 5.02 Å². The van der Waals surface area contributed by atoms with Gasteiger partial charge in [-0.25, -0.2) is 4.98 Å². The molecule has 8 heteroatoms. The van der Waals surface area contributed by atoms with Crippen LogP contribution in [0.4, 0.5) is 5.69 Å². The minimum Gasteiger partial charge on any atom is -0.352 e. The summed E-state index contributed by atoms with van der Waals surface area (Å²) in [7, 11) is 2.09. The average molecular weight is 592 g/mol. The topological polar surface area (TPSA) is 90.1 Å². The molecule has 5 rings (SSSR count). The number of aromatic amines is 1. The van der Waals surface area contributed by atoms with E-state index in [1.807, 2.05) is 67.6 Å². The molecule has 0 aliphatic rings. The number of nitrogens with one attached hydrogen (secondary N) is 3. The molecule has 0 aliphatic carbocycles. The number of amides is 2. The molecule has 43 heavy (non-hydrogen) atoms. The quantitative estimate of drug-likeness (QED) is 0.112. The average Bonchev–Trinajstić information content (AvgIpc) is 3.42. The van der Waals surface area contributed by atoms with Crippen molar-refractivity contribution >= 4 is 40.1 Å². The third kappa shape index (κ3) is 7.02. The molecule has 3 N–H and O–H groups in total. The Morgan fingerprint density at radius 2 is 1.84 bits per heavy atom. The first-order valence-corrected chi connectivity index (χ1v) is 14.5. The van der Waals surface area contributed by atoms with Gasteiger partial charge in [0.15, 0.2) is 0 Å². The van der Waals surface area contributed by atoms with E-state index < -0.39 is 0 Å². The lowest BCUT2D eigenvalue weighted by Gasteiger charge is -2.16. The maximum Gasteiger partial charge on any atom is 0.251 e. The minimum atomic E-state index is -0.291. The van der Waals surface area contributed by atoms with Crippen LogP contribution in [0.25, 0.3) is 33.4 Å². The Kier molecular flexibility index (Phi) is 9.35. The normalized spacial score (nSPS) is 11.1. The van der Waals surface area contributed by atoms with Crippen molar-refractivity contribution < 1.29 is 9.59 Å².